The minimum atomic E-state index is 0.136. The topological polar surface area (TPSA) is 12.0 Å². The highest BCUT2D eigenvalue weighted by molar-refractivity contribution is 7.12. The molecule has 1 atom stereocenters. The Bertz CT molecular complexity index is 573. The fraction of sp³-hybridized carbons (Fsp3) is 0.375. The van der Waals surface area contributed by atoms with Gasteiger partial charge in [0.2, 0.25) is 0 Å². The number of aryl methyl sites for hydroxylation is 2. The Morgan fingerprint density at radius 1 is 1.20 bits per heavy atom. The first-order valence-corrected chi connectivity index (χ1v) is 8.35. The fourth-order valence-corrected chi connectivity index (χ4v) is 3.79. The lowest BCUT2D eigenvalue weighted by molar-refractivity contribution is 0.606. The Morgan fingerprint density at radius 2 is 1.95 bits per heavy atom. The highest BCUT2D eigenvalue weighted by atomic mass is 35.5. The summed E-state index contributed by atoms with van der Waals surface area (Å²) in [7, 11) is 0. The zero-order valence-corrected chi connectivity index (χ0v) is 14.3. The van der Waals surface area contributed by atoms with Crippen LogP contribution in [0, 0.1) is 13.8 Å². The second kappa shape index (κ2) is 6.95. The Morgan fingerprint density at radius 3 is 2.50 bits per heavy atom. The number of nitrogens with one attached hydrogen (secondary N) is 1. The Hall–Kier alpha value is -0.540. The smallest absolute Gasteiger partial charge is 0.0685 e. The molecule has 0 saturated carbocycles. The third-order valence-corrected chi connectivity index (χ3v) is 5.12. The van der Waals surface area contributed by atoms with Crippen molar-refractivity contribution in [3.8, 4) is 0 Å². The summed E-state index contributed by atoms with van der Waals surface area (Å²) in [4.78, 5) is 2.66. The maximum atomic E-state index is 6.38. The summed E-state index contributed by atoms with van der Waals surface area (Å²) < 4.78 is 0. The van der Waals surface area contributed by atoms with E-state index in [1.54, 1.807) is 0 Å². The summed E-state index contributed by atoms with van der Waals surface area (Å²) in [6, 6.07) is 8.11. The van der Waals surface area contributed by atoms with Crippen molar-refractivity contribution in [3.05, 3.63) is 55.2 Å². The van der Waals surface area contributed by atoms with E-state index in [-0.39, 0.29) is 6.04 Å². The van der Waals surface area contributed by atoms with Crippen LogP contribution >= 0.6 is 34.5 Å². The van der Waals surface area contributed by atoms with E-state index in [1.165, 1.54) is 15.3 Å². The Balaban J connectivity index is 2.41. The standard InChI is InChI=1S/C16H19Cl2NS/c1-4-7-19-16(15-8-10(2)11(3)20-15)13-6-5-12(17)9-14(13)18/h5-6,8-9,16,19H,4,7H2,1-3H3. The minimum Gasteiger partial charge on any atom is -0.306 e. The highest BCUT2D eigenvalue weighted by Gasteiger charge is 2.19. The van der Waals surface area contributed by atoms with E-state index < -0.39 is 0 Å². The number of benzene rings is 1. The van der Waals surface area contributed by atoms with Gasteiger partial charge in [0, 0.05) is 19.8 Å². The molecule has 1 aromatic heterocycles. The van der Waals surface area contributed by atoms with Crippen molar-refractivity contribution in [2.45, 2.75) is 33.2 Å². The maximum absolute atomic E-state index is 6.38. The molecule has 0 fully saturated rings. The van der Waals surface area contributed by atoms with Gasteiger partial charge in [-0.2, -0.15) is 0 Å². The van der Waals surface area contributed by atoms with E-state index in [9.17, 15) is 0 Å². The van der Waals surface area contributed by atoms with Crippen molar-refractivity contribution in [1.82, 2.24) is 5.32 Å². The molecule has 1 nitrogen and oxygen atoms in total. The molecule has 1 unspecified atom stereocenters. The van der Waals surface area contributed by atoms with Gasteiger partial charge in [0.1, 0.15) is 0 Å². The highest BCUT2D eigenvalue weighted by Crippen LogP contribution is 2.35. The van der Waals surface area contributed by atoms with Crippen molar-refractivity contribution < 1.29 is 0 Å². The van der Waals surface area contributed by atoms with Gasteiger partial charge >= 0.3 is 0 Å². The van der Waals surface area contributed by atoms with Gasteiger partial charge in [-0.25, -0.2) is 0 Å². The summed E-state index contributed by atoms with van der Waals surface area (Å²) in [5.41, 5.74) is 2.42. The molecule has 1 heterocycles. The number of hydrogen-bond donors (Lipinski definition) is 1. The molecular weight excluding hydrogens is 309 g/mol. The molecular formula is C16H19Cl2NS. The molecule has 2 aromatic rings. The van der Waals surface area contributed by atoms with Crippen LogP contribution in [0.5, 0.6) is 0 Å². The average molecular weight is 328 g/mol. The van der Waals surface area contributed by atoms with Crippen molar-refractivity contribution in [1.29, 1.82) is 0 Å². The normalized spacial score (nSPS) is 12.7. The van der Waals surface area contributed by atoms with Gasteiger partial charge in [0.05, 0.1) is 6.04 Å². The number of halogens is 2. The Labute approximate surface area is 134 Å². The number of hydrogen-bond acceptors (Lipinski definition) is 2. The lowest BCUT2D eigenvalue weighted by Crippen LogP contribution is -2.22. The first kappa shape index (κ1) is 15.8. The van der Waals surface area contributed by atoms with Gasteiger partial charge in [0.15, 0.2) is 0 Å². The fourth-order valence-electron chi connectivity index (χ4n) is 2.13. The summed E-state index contributed by atoms with van der Waals surface area (Å²) in [5.74, 6) is 0. The van der Waals surface area contributed by atoms with Crippen LogP contribution in [0.1, 0.15) is 40.3 Å². The van der Waals surface area contributed by atoms with E-state index in [0.29, 0.717) is 5.02 Å². The van der Waals surface area contributed by atoms with Gasteiger partial charge in [-0.05, 0) is 56.1 Å². The molecule has 0 aliphatic rings. The Kier molecular flexibility index (Phi) is 5.50. The van der Waals surface area contributed by atoms with Crippen molar-refractivity contribution in [3.63, 3.8) is 0 Å². The molecule has 1 N–H and O–H groups in total. The second-order valence-electron chi connectivity index (χ2n) is 4.94. The van der Waals surface area contributed by atoms with Crippen molar-refractivity contribution in [2.75, 3.05) is 6.54 Å². The minimum absolute atomic E-state index is 0.136. The predicted octanol–water partition coefficient (Wildman–Crippen LogP) is 5.76. The summed E-state index contributed by atoms with van der Waals surface area (Å²) in [6.45, 7) is 7.43. The molecule has 108 valence electrons. The van der Waals surface area contributed by atoms with Gasteiger partial charge in [-0.1, -0.05) is 36.2 Å². The summed E-state index contributed by atoms with van der Waals surface area (Å²) >= 11 is 14.2. The molecule has 0 bridgehead atoms. The average Bonchev–Trinajstić information content (AvgIpc) is 2.72. The summed E-state index contributed by atoms with van der Waals surface area (Å²) in [6.07, 6.45) is 1.09. The molecule has 1 aromatic carbocycles. The zero-order valence-electron chi connectivity index (χ0n) is 12.0. The van der Waals surface area contributed by atoms with Crippen LogP contribution in [0.15, 0.2) is 24.3 Å². The molecule has 0 aliphatic carbocycles. The van der Waals surface area contributed by atoms with Gasteiger partial charge < -0.3 is 5.32 Å². The zero-order chi connectivity index (χ0) is 14.7. The monoisotopic (exact) mass is 327 g/mol. The van der Waals surface area contributed by atoms with Gasteiger partial charge in [0.25, 0.3) is 0 Å². The first-order valence-electron chi connectivity index (χ1n) is 6.78. The van der Waals surface area contributed by atoms with Crippen LogP contribution in [-0.2, 0) is 0 Å². The lowest BCUT2D eigenvalue weighted by atomic mass is 10.0. The van der Waals surface area contributed by atoms with Crippen molar-refractivity contribution >= 4 is 34.5 Å². The SMILES string of the molecule is CCCNC(c1cc(C)c(C)s1)c1ccc(Cl)cc1Cl. The first-order chi connectivity index (χ1) is 9.52. The van der Waals surface area contributed by atoms with E-state index >= 15 is 0 Å². The van der Waals surface area contributed by atoms with Crippen LogP contribution in [0.3, 0.4) is 0 Å². The van der Waals surface area contributed by atoms with E-state index in [1.807, 2.05) is 29.5 Å². The van der Waals surface area contributed by atoms with Crippen LogP contribution in [0.2, 0.25) is 10.0 Å². The molecule has 20 heavy (non-hydrogen) atoms. The molecule has 0 aliphatic heterocycles. The third-order valence-electron chi connectivity index (χ3n) is 3.34. The second-order valence-corrected chi connectivity index (χ2v) is 7.07. The molecule has 2 rings (SSSR count). The largest absolute Gasteiger partial charge is 0.306 e. The van der Waals surface area contributed by atoms with Crippen LogP contribution in [-0.4, -0.2) is 6.54 Å². The molecule has 4 heteroatoms. The van der Waals surface area contributed by atoms with Crippen molar-refractivity contribution in [2.24, 2.45) is 0 Å². The van der Waals surface area contributed by atoms with Gasteiger partial charge in [-0.15, -0.1) is 11.3 Å². The van der Waals surface area contributed by atoms with Crippen LogP contribution in [0.4, 0.5) is 0 Å². The maximum Gasteiger partial charge on any atom is 0.0685 e. The van der Waals surface area contributed by atoms with E-state index in [4.69, 9.17) is 23.2 Å². The summed E-state index contributed by atoms with van der Waals surface area (Å²) in [5, 5.41) is 4.98. The molecule has 0 radical (unpaired) electrons. The number of rotatable bonds is 5. The van der Waals surface area contributed by atoms with Gasteiger partial charge in [-0.3, -0.25) is 0 Å². The third kappa shape index (κ3) is 3.56. The molecule has 0 saturated heterocycles. The molecule has 0 amide bonds. The predicted molar refractivity (Wildman–Crippen MR) is 90.4 cm³/mol. The quantitative estimate of drug-likeness (QED) is 0.736. The van der Waals surface area contributed by atoms with Crippen LogP contribution in [0.25, 0.3) is 0 Å². The van der Waals surface area contributed by atoms with E-state index in [0.717, 1.165) is 23.6 Å². The number of thiophene rings is 1. The van der Waals surface area contributed by atoms with E-state index in [2.05, 4.69) is 32.2 Å². The lowest BCUT2D eigenvalue weighted by Gasteiger charge is -2.19. The van der Waals surface area contributed by atoms with Crippen LogP contribution < -0.4 is 5.32 Å². The molecule has 0 spiro atoms.